The number of rotatable bonds is 10. The summed E-state index contributed by atoms with van der Waals surface area (Å²) >= 11 is 5.67. The highest BCUT2D eigenvalue weighted by molar-refractivity contribution is 7.80. The molecule has 0 aromatic carbocycles. The van der Waals surface area contributed by atoms with Gasteiger partial charge in [-0.25, -0.2) is 0 Å². The molecule has 4 unspecified atom stereocenters. The van der Waals surface area contributed by atoms with Gasteiger partial charge >= 0.3 is 0 Å². The fourth-order valence-electron chi connectivity index (χ4n) is 12.0. The summed E-state index contributed by atoms with van der Waals surface area (Å²) in [5, 5.41) is 7.80. The summed E-state index contributed by atoms with van der Waals surface area (Å²) in [4.78, 5) is 4.16. The summed E-state index contributed by atoms with van der Waals surface area (Å²) in [6, 6.07) is 2.55. The Labute approximate surface area is 265 Å². The van der Waals surface area contributed by atoms with Crippen molar-refractivity contribution in [2.75, 3.05) is 19.6 Å². The van der Waals surface area contributed by atoms with E-state index in [2.05, 4.69) is 56.2 Å². The highest BCUT2D eigenvalue weighted by Gasteiger charge is 2.58. The van der Waals surface area contributed by atoms with Gasteiger partial charge in [0.2, 0.25) is 0 Å². The molecule has 5 aliphatic carbocycles. The van der Waals surface area contributed by atoms with Crippen molar-refractivity contribution >= 4 is 17.1 Å². The quantitative estimate of drug-likeness (QED) is 0.195. The van der Waals surface area contributed by atoms with Crippen molar-refractivity contribution in [1.29, 1.82) is 0 Å². The van der Waals surface area contributed by atoms with Crippen molar-refractivity contribution in [2.45, 2.75) is 162 Å². The normalized spacial score (nSPS) is 42.1. The Morgan fingerprint density at radius 1 is 0.976 bits per heavy atom. The fourth-order valence-corrected chi connectivity index (χ4v) is 12.3. The van der Waals surface area contributed by atoms with Gasteiger partial charge < -0.3 is 10.6 Å². The second-order valence-corrected chi connectivity index (χ2v) is 17.2. The van der Waals surface area contributed by atoms with Crippen molar-refractivity contribution in [3.05, 3.63) is 11.6 Å². The Bertz CT molecular complexity index is 971. The standard InChI is InChI=1S/C38H65N3S/c1-26-15-20-37(4)29(25-26)9-8-12-31-33-14-13-32(38(33,5)21-16-34(31)37)28(3)39-22-17-27(2)41(30-10-6-7-11-30)24-19-35-36(42)18-23-40-35/h25-28,30-35,39-40H,6-24H2,1-5H3/t26?,27?,28?,31-,32-,33+,34+,35?,37+,38-/m1/s1. The van der Waals surface area contributed by atoms with E-state index in [0.29, 0.717) is 29.0 Å². The van der Waals surface area contributed by atoms with E-state index < -0.39 is 0 Å². The summed E-state index contributed by atoms with van der Waals surface area (Å²) in [7, 11) is 0. The molecule has 1 saturated heterocycles. The number of nitrogens with one attached hydrogen (secondary N) is 2. The van der Waals surface area contributed by atoms with Crippen LogP contribution in [0.4, 0.5) is 0 Å². The van der Waals surface area contributed by atoms with E-state index in [1.54, 1.807) is 0 Å². The number of thiocarbonyl (C=S) groups is 1. The van der Waals surface area contributed by atoms with Crippen molar-refractivity contribution in [2.24, 2.45) is 40.4 Å². The van der Waals surface area contributed by atoms with Gasteiger partial charge in [0.1, 0.15) is 0 Å². The van der Waals surface area contributed by atoms with E-state index in [9.17, 15) is 0 Å². The van der Waals surface area contributed by atoms with Crippen LogP contribution in [0, 0.1) is 40.4 Å². The van der Waals surface area contributed by atoms with Crippen LogP contribution in [0.3, 0.4) is 0 Å². The molecule has 10 atom stereocenters. The summed E-state index contributed by atoms with van der Waals surface area (Å²) in [6.07, 6.45) is 25.0. The van der Waals surface area contributed by atoms with Crippen LogP contribution in [0.25, 0.3) is 0 Å². The van der Waals surface area contributed by atoms with Gasteiger partial charge in [0.15, 0.2) is 0 Å². The van der Waals surface area contributed by atoms with Crippen LogP contribution in [-0.4, -0.2) is 53.6 Å². The summed E-state index contributed by atoms with van der Waals surface area (Å²) < 4.78 is 0. The van der Waals surface area contributed by atoms with Gasteiger partial charge in [-0.05, 0) is 151 Å². The van der Waals surface area contributed by atoms with Crippen LogP contribution >= 0.6 is 12.2 Å². The second-order valence-electron chi connectivity index (χ2n) is 16.7. The maximum atomic E-state index is 5.67. The molecule has 5 fully saturated rings. The van der Waals surface area contributed by atoms with E-state index in [-0.39, 0.29) is 0 Å². The minimum Gasteiger partial charge on any atom is -0.314 e. The molecule has 1 heterocycles. The average molecular weight is 596 g/mol. The number of hydrogen-bond donors (Lipinski definition) is 2. The Balaban J connectivity index is 1.05. The third kappa shape index (κ3) is 6.11. The van der Waals surface area contributed by atoms with Gasteiger partial charge in [-0.15, -0.1) is 0 Å². The smallest absolute Gasteiger partial charge is 0.0396 e. The lowest BCUT2D eigenvalue weighted by molar-refractivity contribution is -0.0370. The monoisotopic (exact) mass is 595 g/mol. The molecule has 0 aromatic heterocycles. The zero-order valence-corrected chi connectivity index (χ0v) is 28.9. The summed E-state index contributed by atoms with van der Waals surface area (Å²) in [6.45, 7) is 16.4. The predicted molar refractivity (Wildman–Crippen MR) is 183 cm³/mol. The van der Waals surface area contributed by atoms with Crippen molar-refractivity contribution in [3.63, 3.8) is 0 Å². The molecule has 0 amide bonds. The molecule has 6 aliphatic rings. The van der Waals surface area contributed by atoms with Gasteiger partial charge in [-0.1, -0.05) is 57.5 Å². The third-order valence-electron chi connectivity index (χ3n) is 14.5. The van der Waals surface area contributed by atoms with Crippen LogP contribution in [0.2, 0.25) is 0 Å². The predicted octanol–water partition coefficient (Wildman–Crippen LogP) is 8.71. The molecule has 0 radical (unpaired) electrons. The maximum absolute atomic E-state index is 5.67. The molecule has 2 N–H and O–H groups in total. The maximum Gasteiger partial charge on any atom is 0.0396 e. The van der Waals surface area contributed by atoms with E-state index in [1.165, 1.54) is 114 Å². The Morgan fingerprint density at radius 3 is 2.55 bits per heavy atom. The van der Waals surface area contributed by atoms with Gasteiger partial charge in [0, 0.05) is 42.1 Å². The SMILES string of the molecule is CC1C=C2CCC[C@@H]3[C@@H]4CC[C@H](C(C)NCCC(C)N(CCC5NCCC5=S)C5CCCC5)[C@@]4(C)CC[C@@H]3[C@@]2(C)CC1. The van der Waals surface area contributed by atoms with Crippen LogP contribution in [0.5, 0.6) is 0 Å². The van der Waals surface area contributed by atoms with E-state index in [1.807, 2.05) is 5.57 Å². The van der Waals surface area contributed by atoms with Crippen molar-refractivity contribution in [3.8, 4) is 0 Å². The summed E-state index contributed by atoms with van der Waals surface area (Å²) in [5.74, 6) is 4.50. The fraction of sp³-hybridized carbons (Fsp3) is 0.921. The number of fused-ring (bicyclic) bond motifs is 5. The highest BCUT2D eigenvalue weighted by Crippen LogP contribution is 2.66. The third-order valence-corrected chi connectivity index (χ3v) is 15.0. The molecule has 0 spiro atoms. The molecule has 0 bridgehead atoms. The van der Waals surface area contributed by atoms with Crippen LogP contribution < -0.4 is 10.6 Å². The van der Waals surface area contributed by atoms with Gasteiger partial charge in [0.25, 0.3) is 0 Å². The van der Waals surface area contributed by atoms with Crippen molar-refractivity contribution < 1.29 is 0 Å². The minimum absolute atomic E-state index is 0.473. The molecule has 1 aliphatic heterocycles. The summed E-state index contributed by atoms with van der Waals surface area (Å²) in [5.41, 5.74) is 2.90. The van der Waals surface area contributed by atoms with Crippen LogP contribution in [-0.2, 0) is 0 Å². The zero-order chi connectivity index (χ0) is 29.5. The first-order valence-electron chi connectivity index (χ1n) is 18.7. The number of hydrogen-bond acceptors (Lipinski definition) is 4. The first-order valence-corrected chi connectivity index (χ1v) is 19.1. The zero-order valence-electron chi connectivity index (χ0n) is 28.1. The first kappa shape index (κ1) is 31.7. The molecule has 6 rings (SSSR count). The molecule has 4 heteroatoms. The van der Waals surface area contributed by atoms with Gasteiger partial charge in [0.05, 0.1) is 0 Å². The lowest BCUT2D eigenvalue weighted by atomic mass is 9.50. The Kier molecular flexibility index (Phi) is 9.97. The van der Waals surface area contributed by atoms with Crippen molar-refractivity contribution in [1.82, 2.24) is 15.5 Å². The first-order chi connectivity index (χ1) is 20.2. The van der Waals surface area contributed by atoms with E-state index in [4.69, 9.17) is 12.2 Å². The van der Waals surface area contributed by atoms with Crippen LogP contribution in [0.1, 0.15) is 137 Å². The highest BCUT2D eigenvalue weighted by atomic mass is 32.1. The molecular formula is C38H65N3S. The minimum atomic E-state index is 0.473. The lowest BCUT2D eigenvalue weighted by Gasteiger charge is -2.55. The number of nitrogens with zero attached hydrogens (tertiary/aromatic N) is 1. The number of allylic oxidation sites excluding steroid dienone is 2. The molecule has 3 nitrogen and oxygen atoms in total. The molecule has 4 saturated carbocycles. The Morgan fingerprint density at radius 2 is 1.79 bits per heavy atom. The van der Waals surface area contributed by atoms with Gasteiger partial charge in [-0.3, -0.25) is 4.90 Å². The van der Waals surface area contributed by atoms with Gasteiger partial charge in [-0.2, -0.15) is 0 Å². The lowest BCUT2D eigenvalue weighted by Crippen LogP contribution is -2.50. The van der Waals surface area contributed by atoms with E-state index >= 15 is 0 Å². The molecular weight excluding hydrogens is 531 g/mol. The molecule has 238 valence electrons. The van der Waals surface area contributed by atoms with E-state index in [0.717, 1.165) is 48.6 Å². The Hall–Kier alpha value is -0.290. The second kappa shape index (κ2) is 13.2. The average Bonchev–Trinajstić information content (AvgIpc) is 3.69. The largest absolute Gasteiger partial charge is 0.314 e. The molecule has 0 aromatic rings. The van der Waals surface area contributed by atoms with Crippen LogP contribution in [0.15, 0.2) is 11.6 Å². The molecule has 42 heavy (non-hydrogen) atoms. The topological polar surface area (TPSA) is 27.3 Å².